The van der Waals surface area contributed by atoms with Crippen LogP contribution in [0.1, 0.15) is 0 Å². The summed E-state index contributed by atoms with van der Waals surface area (Å²) in [5.41, 5.74) is 11.9. The van der Waals surface area contributed by atoms with Crippen molar-refractivity contribution in [2.45, 2.75) is 0 Å². The molecule has 0 aliphatic heterocycles. The van der Waals surface area contributed by atoms with Crippen LogP contribution in [-0.4, -0.2) is 9.97 Å². The molecule has 2 heterocycles. The second-order valence-corrected chi connectivity index (χ2v) is 2.49. The van der Waals surface area contributed by atoms with Gasteiger partial charge < -0.3 is 16.5 Å². The van der Waals surface area contributed by atoms with E-state index in [0.717, 1.165) is 6.20 Å². The normalized spacial score (nSPS) is 10.8. The van der Waals surface area contributed by atoms with Crippen molar-refractivity contribution < 1.29 is 4.39 Å². The summed E-state index contributed by atoms with van der Waals surface area (Å²) in [6.45, 7) is 0. The first-order valence-corrected chi connectivity index (χ1v) is 3.36. The molecule has 0 fully saturated rings. The SMILES string of the molecule is Nc1c[nH]c2ncc(F)c(N)c12. The average Bonchev–Trinajstić information content (AvgIpc) is 2.41. The number of nitrogens with zero attached hydrogens (tertiary/aromatic N) is 1. The Labute approximate surface area is 67.4 Å². The van der Waals surface area contributed by atoms with Crippen LogP contribution >= 0.6 is 0 Å². The van der Waals surface area contributed by atoms with Crippen LogP contribution in [0.3, 0.4) is 0 Å². The van der Waals surface area contributed by atoms with Crippen LogP contribution in [0.15, 0.2) is 12.4 Å². The van der Waals surface area contributed by atoms with Crippen molar-refractivity contribution in [1.82, 2.24) is 9.97 Å². The van der Waals surface area contributed by atoms with Crippen molar-refractivity contribution in [3.8, 4) is 0 Å². The highest BCUT2D eigenvalue weighted by Gasteiger charge is 2.08. The Hall–Kier alpha value is -1.78. The molecule has 5 heteroatoms. The number of nitrogens with one attached hydrogen (secondary N) is 1. The second kappa shape index (κ2) is 2.10. The summed E-state index contributed by atoms with van der Waals surface area (Å²) < 4.78 is 12.8. The van der Waals surface area contributed by atoms with Gasteiger partial charge in [0.15, 0.2) is 5.82 Å². The van der Waals surface area contributed by atoms with Gasteiger partial charge in [-0.2, -0.15) is 0 Å². The van der Waals surface area contributed by atoms with Crippen LogP contribution in [0.5, 0.6) is 0 Å². The highest BCUT2D eigenvalue weighted by Crippen LogP contribution is 2.26. The van der Waals surface area contributed by atoms with Crippen LogP contribution < -0.4 is 11.5 Å². The molecule has 0 aliphatic rings. The lowest BCUT2D eigenvalue weighted by Crippen LogP contribution is -1.94. The highest BCUT2D eigenvalue weighted by molar-refractivity contribution is 5.98. The molecule has 0 saturated heterocycles. The summed E-state index contributed by atoms with van der Waals surface area (Å²) in [7, 11) is 0. The zero-order valence-corrected chi connectivity index (χ0v) is 6.13. The van der Waals surface area contributed by atoms with E-state index >= 15 is 0 Å². The molecule has 0 spiro atoms. The molecule has 0 bridgehead atoms. The van der Waals surface area contributed by atoms with E-state index in [-0.39, 0.29) is 5.69 Å². The molecule has 5 N–H and O–H groups in total. The molecular weight excluding hydrogens is 159 g/mol. The van der Waals surface area contributed by atoms with Gasteiger partial charge in [-0.3, -0.25) is 0 Å². The minimum absolute atomic E-state index is 0.0405. The first-order valence-electron chi connectivity index (χ1n) is 3.36. The van der Waals surface area contributed by atoms with Crippen molar-refractivity contribution >= 4 is 22.4 Å². The number of rotatable bonds is 0. The molecule has 2 aromatic heterocycles. The van der Waals surface area contributed by atoms with Crippen LogP contribution in [-0.2, 0) is 0 Å². The molecule has 0 aromatic carbocycles. The number of pyridine rings is 1. The van der Waals surface area contributed by atoms with Crippen molar-refractivity contribution in [2.75, 3.05) is 11.5 Å². The summed E-state index contributed by atoms with van der Waals surface area (Å²) in [6, 6.07) is 0. The van der Waals surface area contributed by atoms with Crippen LogP contribution in [0.2, 0.25) is 0 Å². The quantitative estimate of drug-likeness (QED) is 0.543. The van der Waals surface area contributed by atoms with Gasteiger partial charge in [-0.05, 0) is 0 Å². The largest absolute Gasteiger partial charge is 0.397 e. The molecule has 0 unspecified atom stereocenters. The molecule has 62 valence electrons. The van der Waals surface area contributed by atoms with E-state index < -0.39 is 5.82 Å². The Kier molecular flexibility index (Phi) is 1.21. The number of H-pyrrole nitrogens is 1. The van der Waals surface area contributed by atoms with Gasteiger partial charge in [0.1, 0.15) is 5.65 Å². The number of aromatic nitrogens is 2. The van der Waals surface area contributed by atoms with Gasteiger partial charge in [-0.25, -0.2) is 9.37 Å². The smallest absolute Gasteiger partial charge is 0.165 e. The lowest BCUT2D eigenvalue weighted by molar-refractivity contribution is 0.628. The number of hydrogen-bond acceptors (Lipinski definition) is 3. The third kappa shape index (κ3) is 0.730. The fraction of sp³-hybridized carbons (Fsp3) is 0. The predicted molar refractivity (Wildman–Crippen MR) is 44.9 cm³/mol. The van der Waals surface area contributed by atoms with Gasteiger partial charge in [0.05, 0.1) is 23.0 Å². The molecule has 0 aliphatic carbocycles. The molecular formula is C7H7FN4. The molecule has 0 amide bonds. The van der Waals surface area contributed by atoms with Gasteiger partial charge in [0, 0.05) is 6.20 Å². The predicted octanol–water partition coefficient (Wildman–Crippen LogP) is 0.866. The summed E-state index contributed by atoms with van der Waals surface area (Å²) in [5.74, 6) is -0.547. The fourth-order valence-corrected chi connectivity index (χ4v) is 1.12. The summed E-state index contributed by atoms with van der Waals surface area (Å²) in [4.78, 5) is 6.54. The standard InChI is InChI=1S/C7H7FN4/c8-3-1-11-7-5(6(3)10)4(9)2-12-7/h1-2H,9H2,(H3,10,11,12). The Bertz CT molecular complexity index is 434. The lowest BCUT2D eigenvalue weighted by Gasteiger charge is -1.97. The summed E-state index contributed by atoms with van der Waals surface area (Å²) >= 11 is 0. The highest BCUT2D eigenvalue weighted by atomic mass is 19.1. The van der Waals surface area contributed by atoms with Gasteiger partial charge in [0.25, 0.3) is 0 Å². The van der Waals surface area contributed by atoms with E-state index in [1.54, 1.807) is 0 Å². The minimum Gasteiger partial charge on any atom is -0.397 e. The number of fused-ring (bicyclic) bond motifs is 1. The van der Waals surface area contributed by atoms with E-state index in [9.17, 15) is 4.39 Å². The van der Waals surface area contributed by atoms with E-state index in [1.807, 2.05) is 0 Å². The van der Waals surface area contributed by atoms with Crippen LogP contribution in [0, 0.1) is 5.82 Å². The van der Waals surface area contributed by atoms with Crippen molar-refractivity contribution in [2.24, 2.45) is 0 Å². The van der Waals surface area contributed by atoms with E-state index in [2.05, 4.69) is 9.97 Å². The number of hydrogen-bond donors (Lipinski definition) is 3. The van der Waals surface area contributed by atoms with Gasteiger partial charge in [0.2, 0.25) is 0 Å². The maximum atomic E-state index is 12.8. The Morgan fingerprint density at radius 3 is 2.92 bits per heavy atom. The number of anilines is 2. The summed E-state index contributed by atoms with van der Waals surface area (Å²) in [5, 5.41) is 0.454. The van der Waals surface area contributed by atoms with Gasteiger partial charge in [-0.1, -0.05) is 0 Å². The zero-order valence-electron chi connectivity index (χ0n) is 6.13. The third-order valence-electron chi connectivity index (χ3n) is 1.72. The van der Waals surface area contributed by atoms with Gasteiger partial charge >= 0.3 is 0 Å². The number of halogens is 1. The molecule has 12 heavy (non-hydrogen) atoms. The summed E-state index contributed by atoms with van der Waals surface area (Å²) in [6.07, 6.45) is 2.60. The first-order chi connectivity index (χ1) is 5.70. The van der Waals surface area contributed by atoms with Gasteiger partial charge in [-0.15, -0.1) is 0 Å². The Morgan fingerprint density at radius 1 is 1.42 bits per heavy atom. The molecule has 0 atom stereocenters. The van der Waals surface area contributed by atoms with Crippen LogP contribution in [0.25, 0.3) is 11.0 Å². The monoisotopic (exact) mass is 166 g/mol. The molecule has 0 saturated carbocycles. The molecule has 2 rings (SSSR count). The van der Waals surface area contributed by atoms with E-state index in [1.165, 1.54) is 6.20 Å². The fourth-order valence-electron chi connectivity index (χ4n) is 1.12. The van der Waals surface area contributed by atoms with E-state index in [4.69, 9.17) is 11.5 Å². The zero-order chi connectivity index (χ0) is 8.72. The topological polar surface area (TPSA) is 80.7 Å². The number of aromatic amines is 1. The van der Waals surface area contributed by atoms with Crippen molar-refractivity contribution in [3.63, 3.8) is 0 Å². The third-order valence-corrected chi connectivity index (χ3v) is 1.72. The van der Waals surface area contributed by atoms with Crippen LogP contribution in [0.4, 0.5) is 15.8 Å². The Balaban J connectivity index is 2.96. The minimum atomic E-state index is -0.547. The molecule has 4 nitrogen and oxygen atoms in total. The van der Waals surface area contributed by atoms with Crippen molar-refractivity contribution in [3.05, 3.63) is 18.2 Å². The average molecular weight is 166 g/mol. The Morgan fingerprint density at radius 2 is 2.17 bits per heavy atom. The second-order valence-electron chi connectivity index (χ2n) is 2.49. The lowest BCUT2D eigenvalue weighted by atomic mass is 10.2. The number of nitrogens with two attached hydrogens (primary N) is 2. The van der Waals surface area contributed by atoms with E-state index in [0.29, 0.717) is 16.7 Å². The molecule has 2 aromatic rings. The maximum absolute atomic E-state index is 12.8. The maximum Gasteiger partial charge on any atom is 0.165 e. The number of nitrogen functional groups attached to an aromatic ring is 2. The van der Waals surface area contributed by atoms with Crippen molar-refractivity contribution in [1.29, 1.82) is 0 Å². The molecule has 0 radical (unpaired) electrons. The first kappa shape index (κ1) is 6.90.